The fourth-order valence-corrected chi connectivity index (χ4v) is 2.15. The van der Waals surface area contributed by atoms with E-state index in [9.17, 15) is 9.59 Å². The normalized spacial score (nSPS) is 10.1. The second-order valence-corrected chi connectivity index (χ2v) is 5.12. The van der Waals surface area contributed by atoms with Crippen LogP contribution in [0.2, 0.25) is 0 Å². The van der Waals surface area contributed by atoms with Crippen LogP contribution in [0.1, 0.15) is 34.1 Å². The molecule has 1 heterocycles. The van der Waals surface area contributed by atoms with Crippen molar-refractivity contribution in [1.29, 1.82) is 0 Å². The molecule has 0 saturated carbocycles. The first-order valence-electron chi connectivity index (χ1n) is 7.39. The van der Waals surface area contributed by atoms with Gasteiger partial charge in [-0.05, 0) is 12.5 Å². The van der Waals surface area contributed by atoms with E-state index in [4.69, 9.17) is 14.2 Å². The van der Waals surface area contributed by atoms with Gasteiger partial charge in [-0.3, -0.25) is 9.78 Å². The summed E-state index contributed by atoms with van der Waals surface area (Å²) in [6.45, 7) is 3.34. The van der Waals surface area contributed by atoms with E-state index < -0.39 is 11.9 Å². The van der Waals surface area contributed by atoms with Crippen LogP contribution in [0.15, 0.2) is 36.5 Å². The summed E-state index contributed by atoms with van der Waals surface area (Å²) in [6.07, 6.45) is 1.40. The highest BCUT2D eigenvalue weighted by atomic mass is 16.5. The first-order valence-corrected chi connectivity index (χ1v) is 7.39. The van der Waals surface area contributed by atoms with Crippen LogP contribution in [0.4, 0.5) is 0 Å². The second kappa shape index (κ2) is 8.10. The van der Waals surface area contributed by atoms with Gasteiger partial charge in [0.1, 0.15) is 24.7 Å². The zero-order valence-electron chi connectivity index (χ0n) is 13.9. The summed E-state index contributed by atoms with van der Waals surface area (Å²) in [5.74, 6) is -0.493. The first kappa shape index (κ1) is 17.5. The molecule has 126 valence electrons. The summed E-state index contributed by atoms with van der Waals surface area (Å²) in [5.41, 5.74) is 2.33. The SMILES string of the molecule is COC(=O)c1cnc(COC(C)=O)c(OCc2ccccc2)c1C. The molecule has 0 spiro atoms. The molecule has 2 aromatic rings. The lowest BCUT2D eigenvalue weighted by Crippen LogP contribution is -2.11. The Bertz CT molecular complexity index is 728. The molecule has 6 heteroatoms. The van der Waals surface area contributed by atoms with E-state index in [0.717, 1.165) is 5.56 Å². The summed E-state index contributed by atoms with van der Waals surface area (Å²) in [5, 5.41) is 0. The Morgan fingerprint density at radius 2 is 1.83 bits per heavy atom. The number of nitrogens with zero attached hydrogens (tertiary/aromatic N) is 1. The zero-order chi connectivity index (χ0) is 17.5. The Morgan fingerprint density at radius 1 is 1.12 bits per heavy atom. The average molecular weight is 329 g/mol. The van der Waals surface area contributed by atoms with Gasteiger partial charge in [0.2, 0.25) is 0 Å². The quantitative estimate of drug-likeness (QED) is 0.759. The summed E-state index contributed by atoms with van der Waals surface area (Å²) in [4.78, 5) is 27.1. The summed E-state index contributed by atoms with van der Waals surface area (Å²) in [6, 6.07) is 9.60. The Morgan fingerprint density at radius 3 is 2.46 bits per heavy atom. The van der Waals surface area contributed by atoms with Crippen LogP contribution in [0.3, 0.4) is 0 Å². The van der Waals surface area contributed by atoms with E-state index in [1.807, 2.05) is 30.3 Å². The van der Waals surface area contributed by atoms with Gasteiger partial charge < -0.3 is 14.2 Å². The third kappa shape index (κ3) is 4.32. The third-order valence-corrected chi connectivity index (χ3v) is 3.40. The van der Waals surface area contributed by atoms with Crippen LogP contribution in [-0.2, 0) is 27.5 Å². The van der Waals surface area contributed by atoms with Crippen molar-refractivity contribution in [2.45, 2.75) is 27.1 Å². The van der Waals surface area contributed by atoms with Crippen LogP contribution >= 0.6 is 0 Å². The molecule has 1 aromatic carbocycles. The second-order valence-electron chi connectivity index (χ2n) is 5.12. The van der Waals surface area contributed by atoms with Gasteiger partial charge in [0, 0.05) is 18.7 Å². The van der Waals surface area contributed by atoms with Gasteiger partial charge in [-0.2, -0.15) is 0 Å². The van der Waals surface area contributed by atoms with E-state index in [1.54, 1.807) is 6.92 Å². The molecule has 0 fully saturated rings. The number of esters is 2. The number of pyridine rings is 1. The third-order valence-electron chi connectivity index (χ3n) is 3.40. The largest absolute Gasteiger partial charge is 0.487 e. The van der Waals surface area contributed by atoms with Gasteiger partial charge in [0.25, 0.3) is 0 Å². The Balaban J connectivity index is 2.31. The van der Waals surface area contributed by atoms with Crippen molar-refractivity contribution in [3.63, 3.8) is 0 Å². The Kier molecular flexibility index (Phi) is 5.89. The predicted octanol–water partition coefficient (Wildman–Crippen LogP) is 2.82. The van der Waals surface area contributed by atoms with E-state index in [1.165, 1.54) is 20.2 Å². The molecule has 24 heavy (non-hydrogen) atoms. The van der Waals surface area contributed by atoms with Gasteiger partial charge in [-0.15, -0.1) is 0 Å². The van der Waals surface area contributed by atoms with Crippen LogP contribution in [0.5, 0.6) is 5.75 Å². The number of benzene rings is 1. The number of hydrogen-bond acceptors (Lipinski definition) is 6. The molecule has 2 rings (SSSR count). The highest BCUT2D eigenvalue weighted by Crippen LogP contribution is 2.27. The highest BCUT2D eigenvalue weighted by molar-refractivity contribution is 5.91. The van der Waals surface area contributed by atoms with Gasteiger partial charge >= 0.3 is 11.9 Å². The standard InChI is InChI=1S/C18H19NO5/c1-12-15(18(21)22-3)9-19-16(11-23-13(2)20)17(12)24-10-14-7-5-4-6-8-14/h4-9H,10-11H2,1-3H3. The molecule has 0 saturated heterocycles. The predicted molar refractivity (Wildman–Crippen MR) is 86.6 cm³/mol. The number of rotatable bonds is 6. The van der Waals surface area contributed by atoms with Crippen molar-refractivity contribution in [3.8, 4) is 5.75 Å². The van der Waals surface area contributed by atoms with Crippen molar-refractivity contribution in [2.24, 2.45) is 0 Å². The van der Waals surface area contributed by atoms with E-state index in [2.05, 4.69) is 4.98 Å². The van der Waals surface area contributed by atoms with E-state index >= 15 is 0 Å². The molecule has 0 aliphatic heterocycles. The molecular weight excluding hydrogens is 310 g/mol. The van der Waals surface area contributed by atoms with Crippen LogP contribution in [0, 0.1) is 6.92 Å². The minimum absolute atomic E-state index is 0.0260. The number of ether oxygens (including phenoxy) is 3. The molecule has 0 bridgehead atoms. The number of hydrogen-bond donors (Lipinski definition) is 0. The number of methoxy groups -OCH3 is 1. The van der Waals surface area contributed by atoms with Crippen molar-refractivity contribution < 1.29 is 23.8 Å². The van der Waals surface area contributed by atoms with Gasteiger partial charge in [-0.1, -0.05) is 30.3 Å². The number of carbonyl (C=O) groups is 2. The maximum atomic E-state index is 11.8. The fourth-order valence-electron chi connectivity index (χ4n) is 2.15. The summed E-state index contributed by atoms with van der Waals surface area (Å²) < 4.78 is 15.6. The van der Waals surface area contributed by atoms with Gasteiger partial charge in [0.05, 0.1) is 12.7 Å². The van der Waals surface area contributed by atoms with Crippen molar-refractivity contribution >= 4 is 11.9 Å². The smallest absolute Gasteiger partial charge is 0.339 e. The van der Waals surface area contributed by atoms with Crippen molar-refractivity contribution in [1.82, 2.24) is 4.98 Å². The Hall–Kier alpha value is -2.89. The van der Waals surface area contributed by atoms with E-state index in [-0.39, 0.29) is 6.61 Å². The first-order chi connectivity index (χ1) is 11.5. The van der Waals surface area contributed by atoms with Crippen molar-refractivity contribution in [2.75, 3.05) is 7.11 Å². The van der Waals surface area contributed by atoms with Crippen LogP contribution < -0.4 is 4.74 Å². The van der Waals surface area contributed by atoms with Gasteiger partial charge in [0.15, 0.2) is 0 Å². The maximum Gasteiger partial charge on any atom is 0.339 e. The van der Waals surface area contributed by atoms with Crippen LogP contribution in [0.25, 0.3) is 0 Å². The topological polar surface area (TPSA) is 74.7 Å². The zero-order valence-corrected chi connectivity index (χ0v) is 13.9. The molecule has 0 radical (unpaired) electrons. The molecule has 0 amide bonds. The molecule has 0 unspecified atom stereocenters. The highest BCUT2D eigenvalue weighted by Gasteiger charge is 2.19. The molecule has 1 aromatic heterocycles. The summed E-state index contributed by atoms with van der Waals surface area (Å²) >= 11 is 0. The van der Waals surface area contributed by atoms with Crippen molar-refractivity contribution in [3.05, 3.63) is 58.9 Å². The molecule has 0 aliphatic rings. The molecular formula is C18H19NO5. The lowest BCUT2D eigenvalue weighted by Gasteiger charge is -2.15. The van der Waals surface area contributed by atoms with Gasteiger partial charge in [-0.25, -0.2) is 4.79 Å². The lowest BCUT2D eigenvalue weighted by atomic mass is 10.1. The molecule has 0 aliphatic carbocycles. The minimum Gasteiger partial charge on any atom is -0.487 e. The maximum absolute atomic E-state index is 11.8. The average Bonchev–Trinajstić information content (AvgIpc) is 2.59. The monoisotopic (exact) mass is 329 g/mol. The molecule has 0 N–H and O–H groups in total. The minimum atomic E-state index is -0.497. The fraction of sp³-hybridized carbons (Fsp3) is 0.278. The van der Waals surface area contributed by atoms with Crippen LogP contribution in [-0.4, -0.2) is 24.0 Å². The molecule has 0 atom stereocenters. The molecule has 6 nitrogen and oxygen atoms in total. The van der Waals surface area contributed by atoms with E-state index in [0.29, 0.717) is 29.2 Å². The summed E-state index contributed by atoms with van der Waals surface area (Å²) in [7, 11) is 1.30. The number of carbonyl (C=O) groups excluding carboxylic acids is 2. The lowest BCUT2D eigenvalue weighted by molar-refractivity contribution is -0.142. The Labute approximate surface area is 140 Å². The number of aromatic nitrogens is 1.